The monoisotopic (exact) mass is 243 g/mol. The fraction of sp³-hybridized carbons (Fsp3) is 0.364. The van der Waals surface area contributed by atoms with Crippen LogP contribution in [0.4, 0.5) is 0 Å². The molecule has 0 aromatic heterocycles. The highest BCUT2D eigenvalue weighted by molar-refractivity contribution is 6.32. The molecule has 0 aliphatic carbocycles. The largest absolute Gasteiger partial charge is 0.480 e. The summed E-state index contributed by atoms with van der Waals surface area (Å²) in [5.74, 6) is -0.0104. The van der Waals surface area contributed by atoms with Gasteiger partial charge in [0.15, 0.2) is 6.61 Å². The predicted octanol–water partition coefficient (Wildman–Crippen LogP) is 1.91. The van der Waals surface area contributed by atoms with Crippen LogP contribution in [0.15, 0.2) is 18.2 Å². The van der Waals surface area contributed by atoms with Crippen molar-refractivity contribution in [1.82, 2.24) is 0 Å². The van der Waals surface area contributed by atoms with Crippen molar-refractivity contribution in [3.63, 3.8) is 0 Å². The van der Waals surface area contributed by atoms with E-state index in [2.05, 4.69) is 4.74 Å². The Bertz CT molecular complexity index is 379. The van der Waals surface area contributed by atoms with Gasteiger partial charge >= 0.3 is 5.97 Å². The first-order chi connectivity index (χ1) is 7.54. The van der Waals surface area contributed by atoms with Crippen LogP contribution in [0.5, 0.6) is 5.75 Å². The zero-order valence-corrected chi connectivity index (χ0v) is 9.95. The second kappa shape index (κ2) is 5.72. The van der Waals surface area contributed by atoms with E-state index in [4.69, 9.17) is 22.1 Å². The molecular formula is C11H14ClNO3. The summed E-state index contributed by atoms with van der Waals surface area (Å²) in [7, 11) is 1.30. The SMILES string of the molecule is COC(=O)COc1ccc([C@@H](C)N)cc1Cl. The topological polar surface area (TPSA) is 61.5 Å². The highest BCUT2D eigenvalue weighted by atomic mass is 35.5. The molecule has 5 heteroatoms. The summed E-state index contributed by atoms with van der Waals surface area (Å²) in [6, 6.07) is 5.12. The Morgan fingerprint density at radius 1 is 1.56 bits per heavy atom. The van der Waals surface area contributed by atoms with Crippen molar-refractivity contribution in [2.24, 2.45) is 5.73 Å². The molecule has 0 fully saturated rings. The van der Waals surface area contributed by atoms with Gasteiger partial charge in [0.25, 0.3) is 0 Å². The van der Waals surface area contributed by atoms with Crippen LogP contribution in [-0.4, -0.2) is 19.7 Å². The molecule has 1 rings (SSSR count). The molecule has 1 atom stereocenters. The number of carbonyl (C=O) groups is 1. The van der Waals surface area contributed by atoms with Crippen LogP contribution in [0.2, 0.25) is 5.02 Å². The van der Waals surface area contributed by atoms with Crippen LogP contribution in [0, 0.1) is 0 Å². The maximum absolute atomic E-state index is 10.9. The molecule has 1 aromatic carbocycles. The molecule has 88 valence electrons. The molecule has 0 aliphatic heterocycles. The standard InChI is InChI=1S/C11H14ClNO3/c1-7(13)8-3-4-10(9(12)5-8)16-6-11(14)15-2/h3-5,7H,6,13H2,1-2H3/t7-/m1/s1. The van der Waals surface area contributed by atoms with Crippen LogP contribution in [0.25, 0.3) is 0 Å². The molecule has 0 amide bonds. The van der Waals surface area contributed by atoms with Crippen LogP contribution in [0.3, 0.4) is 0 Å². The fourth-order valence-electron chi connectivity index (χ4n) is 1.11. The Kier molecular flexibility index (Phi) is 4.58. The van der Waals surface area contributed by atoms with E-state index in [1.807, 2.05) is 13.0 Å². The highest BCUT2D eigenvalue weighted by Crippen LogP contribution is 2.27. The number of hydrogen-bond acceptors (Lipinski definition) is 4. The van der Waals surface area contributed by atoms with Gasteiger partial charge < -0.3 is 15.2 Å². The number of esters is 1. The minimum Gasteiger partial charge on any atom is -0.480 e. The number of hydrogen-bond donors (Lipinski definition) is 1. The second-order valence-electron chi connectivity index (χ2n) is 3.34. The van der Waals surface area contributed by atoms with Crippen molar-refractivity contribution >= 4 is 17.6 Å². The van der Waals surface area contributed by atoms with Gasteiger partial charge in [-0.3, -0.25) is 0 Å². The van der Waals surface area contributed by atoms with Gasteiger partial charge in [-0.1, -0.05) is 17.7 Å². The molecule has 2 N–H and O–H groups in total. The molecule has 16 heavy (non-hydrogen) atoms. The molecule has 0 heterocycles. The van der Waals surface area contributed by atoms with Crippen molar-refractivity contribution in [3.05, 3.63) is 28.8 Å². The van der Waals surface area contributed by atoms with Gasteiger partial charge in [-0.05, 0) is 24.6 Å². The number of benzene rings is 1. The van der Waals surface area contributed by atoms with Crippen molar-refractivity contribution < 1.29 is 14.3 Å². The van der Waals surface area contributed by atoms with Gasteiger partial charge in [-0.15, -0.1) is 0 Å². The van der Waals surface area contributed by atoms with Crippen LogP contribution in [0.1, 0.15) is 18.5 Å². The molecule has 0 bridgehead atoms. The minimum atomic E-state index is -0.452. The summed E-state index contributed by atoms with van der Waals surface area (Å²) in [6.45, 7) is 1.70. The number of carbonyl (C=O) groups excluding carboxylic acids is 1. The summed E-state index contributed by atoms with van der Waals surface area (Å²) in [5, 5.41) is 0.429. The van der Waals surface area contributed by atoms with E-state index >= 15 is 0 Å². The summed E-state index contributed by atoms with van der Waals surface area (Å²) < 4.78 is 9.62. The summed E-state index contributed by atoms with van der Waals surface area (Å²) >= 11 is 5.97. The van der Waals surface area contributed by atoms with E-state index in [1.165, 1.54) is 7.11 Å². The third kappa shape index (κ3) is 3.40. The number of methoxy groups -OCH3 is 1. The molecule has 0 saturated carbocycles. The first-order valence-electron chi connectivity index (χ1n) is 4.79. The average molecular weight is 244 g/mol. The van der Waals surface area contributed by atoms with Gasteiger partial charge in [0.05, 0.1) is 12.1 Å². The molecule has 0 aliphatic rings. The Hall–Kier alpha value is -1.26. The van der Waals surface area contributed by atoms with Crippen LogP contribution < -0.4 is 10.5 Å². The van der Waals surface area contributed by atoms with E-state index in [-0.39, 0.29) is 12.6 Å². The van der Waals surface area contributed by atoms with Gasteiger partial charge in [0.2, 0.25) is 0 Å². The zero-order chi connectivity index (χ0) is 12.1. The van der Waals surface area contributed by atoms with Crippen molar-refractivity contribution in [2.75, 3.05) is 13.7 Å². The van der Waals surface area contributed by atoms with Gasteiger partial charge in [-0.2, -0.15) is 0 Å². The van der Waals surface area contributed by atoms with Crippen molar-refractivity contribution in [2.45, 2.75) is 13.0 Å². The van der Waals surface area contributed by atoms with E-state index in [0.29, 0.717) is 10.8 Å². The molecule has 0 saturated heterocycles. The maximum atomic E-state index is 10.9. The summed E-state index contributed by atoms with van der Waals surface area (Å²) in [6.07, 6.45) is 0. The maximum Gasteiger partial charge on any atom is 0.343 e. The third-order valence-electron chi connectivity index (χ3n) is 2.05. The van der Waals surface area contributed by atoms with Crippen molar-refractivity contribution in [3.8, 4) is 5.75 Å². The first kappa shape index (κ1) is 12.8. The summed E-state index contributed by atoms with van der Waals surface area (Å²) in [5.41, 5.74) is 6.62. The van der Waals surface area contributed by atoms with Crippen LogP contribution >= 0.6 is 11.6 Å². The highest BCUT2D eigenvalue weighted by Gasteiger charge is 2.08. The average Bonchev–Trinajstić information content (AvgIpc) is 2.26. The Morgan fingerprint density at radius 3 is 2.75 bits per heavy atom. The van der Waals surface area contributed by atoms with Gasteiger partial charge in [0.1, 0.15) is 5.75 Å². The number of halogens is 1. The molecule has 4 nitrogen and oxygen atoms in total. The van der Waals surface area contributed by atoms with E-state index < -0.39 is 5.97 Å². The Balaban J connectivity index is 2.72. The molecule has 0 unspecified atom stereocenters. The van der Waals surface area contributed by atoms with Crippen LogP contribution in [-0.2, 0) is 9.53 Å². The number of ether oxygens (including phenoxy) is 2. The summed E-state index contributed by atoms with van der Waals surface area (Å²) in [4.78, 5) is 10.9. The normalized spacial score (nSPS) is 12.0. The second-order valence-corrected chi connectivity index (χ2v) is 3.75. The first-order valence-corrected chi connectivity index (χ1v) is 5.17. The number of nitrogens with two attached hydrogens (primary N) is 1. The lowest BCUT2D eigenvalue weighted by Gasteiger charge is -2.10. The lowest BCUT2D eigenvalue weighted by Crippen LogP contribution is -2.13. The lowest BCUT2D eigenvalue weighted by molar-refractivity contribution is -0.142. The molecule has 1 aromatic rings. The zero-order valence-electron chi connectivity index (χ0n) is 9.20. The number of rotatable bonds is 4. The van der Waals surface area contributed by atoms with E-state index in [9.17, 15) is 4.79 Å². The van der Waals surface area contributed by atoms with Gasteiger partial charge in [0, 0.05) is 6.04 Å². The molecular weight excluding hydrogens is 230 g/mol. The van der Waals surface area contributed by atoms with Crippen molar-refractivity contribution in [1.29, 1.82) is 0 Å². The van der Waals surface area contributed by atoms with E-state index in [0.717, 1.165) is 5.56 Å². The molecule has 0 spiro atoms. The van der Waals surface area contributed by atoms with E-state index in [1.54, 1.807) is 12.1 Å². The predicted molar refractivity (Wildman–Crippen MR) is 61.6 cm³/mol. The quantitative estimate of drug-likeness (QED) is 0.821. The Morgan fingerprint density at radius 2 is 2.25 bits per heavy atom. The molecule has 0 radical (unpaired) electrons. The lowest BCUT2D eigenvalue weighted by atomic mass is 10.1. The third-order valence-corrected chi connectivity index (χ3v) is 2.35. The van der Waals surface area contributed by atoms with Gasteiger partial charge in [-0.25, -0.2) is 4.79 Å². The Labute approximate surface area is 99.3 Å². The minimum absolute atomic E-state index is 0.0906. The fourth-order valence-corrected chi connectivity index (χ4v) is 1.36. The smallest absolute Gasteiger partial charge is 0.343 e.